The Hall–Kier alpha value is -0.240. The first kappa shape index (κ1) is 27.8. The highest BCUT2D eigenvalue weighted by Crippen LogP contribution is 2.02. The Balaban J connectivity index is 2.96. The van der Waals surface area contributed by atoms with Gasteiger partial charge in [0.1, 0.15) is 0 Å². The average molecular weight is 407 g/mol. The number of aliphatic hydroxyl groups excluding tert-OH is 1. The van der Waals surface area contributed by atoms with E-state index in [1.807, 2.05) is 0 Å². The van der Waals surface area contributed by atoms with Crippen molar-refractivity contribution < 1.29 is 28.8 Å². The van der Waals surface area contributed by atoms with Crippen LogP contribution < -0.4 is 0 Å². The Morgan fingerprint density at radius 2 is 0.714 bits per heavy atom. The maximum atomic E-state index is 8.62. The Bertz CT molecular complexity index is 239. The van der Waals surface area contributed by atoms with E-state index in [0.717, 1.165) is 78.5 Å². The molecule has 0 amide bonds. The molecule has 0 atom stereocenters. The standard InChI is InChI=1S/C22H46O6/c1-2-3-4-5-6-13-24-15-8-17-26-19-10-21-28-22-11-20-27-18-9-16-25-14-7-12-23/h23H,2-22H2,1H3. The van der Waals surface area contributed by atoms with Crippen molar-refractivity contribution in [1.82, 2.24) is 0 Å². The Morgan fingerprint density at radius 1 is 0.393 bits per heavy atom. The van der Waals surface area contributed by atoms with Crippen molar-refractivity contribution in [1.29, 1.82) is 0 Å². The first-order valence-corrected chi connectivity index (χ1v) is 11.4. The summed E-state index contributed by atoms with van der Waals surface area (Å²) in [4.78, 5) is 0. The highest BCUT2D eigenvalue weighted by molar-refractivity contribution is 4.43. The molecule has 0 radical (unpaired) electrons. The molecule has 0 aliphatic heterocycles. The van der Waals surface area contributed by atoms with E-state index in [4.69, 9.17) is 28.8 Å². The highest BCUT2D eigenvalue weighted by Gasteiger charge is 1.95. The van der Waals surface area contributed by atoms with Crippen molar-refractivity contribution in [2.75, 3.05) is 72.7 Å². The molecule has 0 aromatic carbocycles. The van der Waals surface area contributed by atoms with Gasteiger partial charge in [0.2, 0.25) is 0 Å². The summed E-state index contributed by atoms with van der Waals surface area (Å²) < 4.78 is 27.6. The predicted molar refractivity (Wildman–Crippen MR) is 113 cm³/mol. The molecular formula is C22H46O6. The molecule has 0 fully saturated rings. The van der Waals surface area contributed by atoms with Crippen LogP contribution in [0.15, 0.2) is 0 Å². The second kappa shape index (κ2) is 26.8. The minimum atomic E-state index is 0.191. The van der Waals surface area contributed by atoms with Crippen LogP contribution in [0, 0.1) is 0 Å². The van der Waals surface area contributed by atoms with Crippen LogP contribution in [0.4, 0.5) is 0 Å². The zero-order chi connectivity index (χ0) is 20.4. The number of hydrogen-bond donors (Lipinski definition) is 1. The molecule has 0 saturated heterocycles. The fourth-order valence-electron chi connectivity index (χ4n) is 2.54. The zero-order valence-corrected chi connectivity index (χ0v) is 18.3. The predicted octanol–water partition coefficient (Wildman–Crippen LogP) is 3.98. The number of hydrogen-bond acceptors (Lipinski definition) is 6. The molecule has 0 bridgehead atoms. The summed E-state index contributed by atoms with van der Waals surface area (Å²) in [7, 11) is 0. The van der Waals surface area contributed by atoms with E-state index < -0.39 is 0 Å². The number of ether oxygens (including phenoxy) is 5. The molecule has 0 heterocycles. The normalized spacial score (nSPS) is 11.4. The molecular weight excluding hydrogens is 360 g/mol. The van der Waals surface area contributed by atoms with Crippen molar-refractivity contribution in [3.05, 3.63) is 0 Å². The van der Waals surface area contributed by atoms with E-state index in [-0.39, 0.29) is 6.61 Å². The van der Waals surface area contributed by atoms with Crippen LogP contribution in [0.1, 0.15) is 71.1 Å². The molecule has 0 unspecified atom stereocenters. The summed E-state index contributed by atoms with van der Waals surface area (Å²) in [5.74, 6) is 0. The van der Waals surface area contributed by atoms with Crippen molar-refractivity contribution in [3.63, 3.8) is 0 Å². The Labute approximate surface area is 173 Å². The summed E-state index contributed by atoms with van der Waals surface area (Å²) in [6.07, 6.45) is 10.9. The topological polar surface area (TPSA) is 66.4 Å². The van der Waals surface area contributed by atoms with Crippen LogP contribution in [0.5, 0.6) is 0 Å². The summed E-state index contributed by atoms with van der Waals surface area (Å²) in [5.41, 5.74) is 0. The molecule has 0 rings (SSSR count). The van der Waals surface area contributed by atoms with E-state index in [1.54, 1.807) is 0 Å². The third kappa shape index (κ3) is 25.8. The summed E-state index contributed by atoms with van der Waals surface area (Å²) in [6, 6.07) is 0. The SMILES string of the molecule is CCCCCCCOCCCOCCCOCCCOCCCOCCCO. The first-order chi connectivity index (χ1) is 13.9. The lowest BCUT2D eigenvalue weighted by atomic mass is 10.2. The van der Waals surface area contributed by atoms with Crippen molar-refractivity contribution in [2.24, 2.45) is 0 Å². The van der Waals surface area contributed by atoms with Crippen molar-refractivity contribution in [3.8, 4) is 0 Å². The lowest BCUT2D eigenvalue weighted by Crippen LogP contribution is -2.07. The average Bonchev–Trinajstić information content (AvgIpc) is 2.71. The van der Waals surface area contributed by atoms with E-state index in [0.29, 0.717) is 19.6 Å². The van der Waals surface area contributed by atoms with E-state index in [9.17, 15) is 0 Å². The molecule has 6 nitrogen and oxygen atoms in total. The van der Waals surface area contributed by atoms with Gasteiger partial charge in [-0.2, -0.15) is 0 Å². The summed E-state index contributed by atoms with van der Waals surface area (Å²) >= 11 is 0. The molecule has 0 aromatic heterocycles. The molecule has 0 aliphatic carbocycles. The lowest BCUT2D eigenvalue weighted by Gasteiger charge is -2.07. The lowest BCUT2D eigenvalue weighted by molar-refractivity contribution is 0.0479. The van der Waals surface area contributed by atoms with Gasteiger partial charge in [-0.15, -0.1) is 0 Å². The van der Waals surface area contributed by atoms with Gasteiger partial charge < -0.3 is 28.8 Å². The third-order valence-corrected chi connectivity index (χ3v) is 4.15. The highest BCUT2D eigenvalue weighted by atomic mass is 16.5. The summed E-state index contributed by atoms with van der Waals surface area (Å²) in [5, 5.41) is 8.62. The van der Waals surface area contributed by atoms with Gasteiger partial charge in [-0.3, -0.25) is 0 Å². The second-order valence-corrected chi connectivity index (χ2v) is 6.97. The molecule has 6 heteroatoms. The van der Waals surface area contributed by atoms with Crippen molar-refractivity contribution >= 4 is 0 Å². The zero-order valence-electron chi connectivity index (χ0n) is 18.3. The first-order valence-electron chi connectivity index (χ1n) is 11.4. The monoisotopic (exact) mass is 406 g/mol. The van der Waals surface area contributed by atoms with Gasteiger partial charge in [-0.25, -0.2) is 0 Å². The van der Waals surface area contributed by atoms with Gasteiger partial charge in [0, 0.05) is 72.7 Å². The second-order valence-electron chi connectivity index (χ2n) is 6.97. The maximum Gasteiger partial charge on any atom is 0.0488 e. The molecule has 28 heavy (non-hydrogen) atoms. The molecule has 1 N–H and O–H groups in total. The van der Waals surface area contributed by atoms with E-state index in [2.05, 4.69) is 6.92 Å². The van der Waals surface area contributed by atoms with Crippen LogP contribution in [0.2, 0.25) is 0 Å². The quantitative estimate of drug-likeness (QED) is 0.231. The molecule has 0 aromatic rings. The maximum absolute atomic E-state index is 8.62. The van der Waals surface area contributed by atoms with Crippen LogP contribution >= 0.6 is 0 Å². The van der Waals surface area contributed by atoms with Crippen molar-refractivity contribution in [2.45, 2.75) is 71.1 Å². The third-order valence-electron chi connectivity index (χ3n) is 4.15. The number of rotatable bonds is 25. The molecule has 170 valence electrons. The molecule has 0 aliphatic rings. The minimum Gasteiger partial charge on any atom is -0.396 e. The van der Waals surface area contributed by atoms with Gasteiger partial charge >= 0.3 is 0 Å². The van der Waals surface area contributed by atoms with Gasteiger partial charge in [0.15, 0.2) is 0 Å². The van der Waals surface area contributed by atoms with Crippen LogP contribution in [0.25, 0.3) is 0 Å². The summed E-state index contributed by atoms with van der Waals surface area (Å²) in [6.45, 7) is 9.89. The fraction of sp³-hybridized carbons (Fsp3) is 1.00. The van der Waals surface area contributed by atoms with Gasteiger partial charge in [-0.1, -0.05) is 32.6 Å². The largest absolute Gasteiger partial charge is 0.396 e. The molecule has 0 saturated carbocycles. The van der Waals surface area contributed by atoms with Crippen LogP contribution in [0.3, 0.4) is 0 Å². The van der Waals surface area contributed by atoms with Gasteiger partial charge in [0.25, 0.3) is 0 Å². The van der Waals surface area contributed by atoms with E-state index in [1.165, 1.54) is 32.1 Å². The minimum absolute atomic E-state index is 0.191. The van der Waals surface area contributed by atoms with Crippen LogP contribution in [-0.2, 0) is 23.7 Å². The number of aliphatic hydroxyl groups is 1. The Kier molecular flexibility index (Phi) is 26.5. The number of unbranched alkanes of at least 4 members (excludes halogenated alkanes) is 4. The Morgan fingerprint density at radius 3 is 1.07 bits per heavy atom. The molecule has 0 spiro atoms. The fourth-order valence-corrected chi connectivity index (χ4v) is 2.54. The smallest absolute Gasteiger partial charge is 0.0488 e. The van der Waals surface area contributed by atoms with Gasteiger partial charge in [0.05, 0.1) is 0 Å². The van der Waals surface area contributed by atoms with Gasteiger partial charge in [-0.05, 0) is 38.5 Å². The van der Waals surface area contributed by atoms with E-state index >= 15 is 0 Å². The van der Waals surface area contributed by atoms with Crippen LogP contribution in [-0.4, -0.2) is 77.8 Å².